The largest absolute Gasteiger partial charge is 0.497 e. The van der Waals surface area contributed by atoms with Crippen molar-refractivity contribution >= 4 is 11.9 Å². The molecule has 1 aromatic carbocycles. The van der Waals surface area contributed by atoms with Gasteiger partial charge in [0.05, 0.1) is 7.11 Å². The molecule has 24 heavy (non-hydrogen) atoms. The van der Waals surface area contributed by atoms with Gasteiger partial charge in [0.1, 0.15) is 5.75 Å². The van der Waals surface area contributed by atoms with Gasteiger partial charge in [-0.25, -0.2) is 4.79 Å². The number of carbonyl (C=O) groups is 2. The predicted molar refractivity (Wildman–Crippen MR) is 93.4 cm³/mol. The van der Waals surface area contributed by atoms with Crippen LogP contribution >= 0.6 is 0 Å². The molecule has 1 saturated heterocycles. The maximum atomic E-state index is 12.7. The zero-order chi connectivity index (χ0) is 17.7. The van der Waals surface area contributed by atoms with Crippen molar-refractivity contribution in [2.24, 2.45) is 0 Å². The van der Waals surface area contributed by atoms with E-state index in [1.807, 2.05) is 32.9 Å². The Hall–Kier alpha value is -2.24. The van der Waals surface area contributed by atoms with E-state index in [1.165, 1.54) is 0 Å². The van der Waals surface area contributed by atoms with Gasteiger partial charge in [-0.3, -0.25) is 4.79 Å². The Morgan fingerprint density at radius 1 is 1.08 bits per heavy atom. The smallest absolute Gasteiger partial charge is 0.317 e. The number of rotatable bonds is 2. The van der Waals surface area contributed by atoms with Crippen molar-refractivity contribution in [2.45, 2.75) is 32.7 Å². The molecule has 1 aliphatic rings. The maximum Gasteiger partial charge on any atom is 0.317 e. The average molecular weight is 333 g/mol. The van der Waals surface area contributed by atoms with E-state index in [9.17, 15) is 9.59 Å². The second-order valence-electron chi connectivity index (χ2n) is 7.04. The van der Waals surface area contributed by atoms with Crippen LogP contribution in [-0.2, 0) is 0 Å². The van der Waals surface area contributed by atoms with Gasteiger partial charge in [-0.2, -0.15) is 0 Å². The molecule has 1 fully saturated rings. The van der Waals surface area contributed by atoms with Crippen LogP contribution in [0.5, 0.6) is 5.75 Å². The number of nitrogens with zero attached hydrogens (tertiary/aromatic N) is 2. The normalized spacial score (nSPS) is 15.7. The molecule has 6 heteroatoms. The summed E-state index contributed by atoms with van der Waals surface area (Å²) in [5.41, 5.74) is 0.349. The molecular weight excluding hydrogens is 306 g/mol. The molecule has 0 bridgehead atoms. The Balaban J connectivity index is 1.99. The fourth-order valence-corrected chi connectivity index (χ4v) is 2.66. The zero-order valence-corrected chi connectivity index (χ0v) is 15.0. The molecule has 132 valence electrons. The van der Waals surface area contributed by atoms with E-state index in [-0.39, 0.29) is 17.5 Å². The summed E-state index contributed by atoms with van der Waals surface area (Å²) in [5.74, 6) is 0.647. The van der Waals surface area contributed by atoms with Crippen LogP contribution in [0.1, 0.15) is 37.6 Å². The van der Waals surface area contributed by atoms with Gasteiger partial charge in [0, 0.05) is 37.3 Å². The van der Waals surface area contributed by atoms with Gasteiger partial charge >= 0.3 is 6.03 Å². The van der Waals surface area contributed by atoms with Crippen LogP contribution in [-0.4, -0.2) is 60.6 Å². The Morgan fingerprint density at radius 2 is 1.75 bits per heavy atom. The van der Waals surface area contributed by atoms with Gasteiger partial charge in [0.2, 0.25) is 0 Å². The molecule has 0 aliphatic carbocycles. The first kappa shape index (κ1) is 18.1. The lowest BCUT2D eigenvalue weighted by atomic mass is 10.1. The maximum absolute atomic E-state index is 12.7. The molecule has 0 saturated carbocycles. The number of carbonyl (C=O) groups excluding carboxylic acids is 2. The lowest BCUT2D eigenvalue weighted by Crippen LogP contribution is -2.49. The summed E-state index contributed by atoms with van der Waals surface area (Å²) < 4.78 is 5.18. The van der Waals surface area contributed by atoms with Gasteiger partial charge in [0.15, 0.2) is 0 Å². The van der Waals surface area contributed by atoms with Crippen molar-refractivity contribution in [3.63, 3.8) is 0 Å². The monoisotopic (exact) mass is 333 g/mol. The minimum Gasteiger partial charge on any atom is -0.497 e. The number of urea groups is 1. The second-order valence-corrected chi connectivity index (χ2v) is 7.04. The molecule has 1 aromatic rings. The van der Waals surface area contributed by atoms with E-state index < -0.39 is 0 Å². The van der Waals surface area contributed by atoms with Crippen molar-refractivity contribution in [1.82, 2.24) is 15.1 Å². The molecule has 0 spiro atoms. The Morgan fingerprint density at radius 3 is 2.42 bits per heavy atom. The van der Waals surface area contributed by atoms with Gasteiger partial charge in [-0.15, -0.1) is 0 Å². The molecule has 6 nitrogen and oxygen atoms in total. The van der Waals surface area contributed by atoms with E-state index in [0.29, 0.717) is 37.5 Å². The molecule has 0 aromatic heterocycles. The van der Waals surface area contributed by atoms with Gasteiger partial charge in [-0.05, 0) is 45.4 Å². The van der Waals surface area contributed by atoms with Crippen molar-refractivity contribution in [3.8, 4) is 5.75 Å². The van der Waals surface area contributed by atoms with Crippen LogP contribution in [0, 0.1) is 0 Å². The summed E-state index contributed by atoms with van der Waals surface area (Å²) in [6, 6.07) is 7.10. The minimum atomic E-state index is -0.264. The molecule has 2 rings (SSSR count). The van der Waals surface area contributed by atoms with Crippen molar-refractivity contribution in [1.29, 1.82) is 0 Å². The molecule has 0 radical (unpaired) electrons. The van der Waals surface area contributed by atoms with Crippen LogP contribution in [0.4, 0.5) is 4.79 Å². The van der Waals surface area contributed by atoms with Gasteiger partial charge in [0.25, 0.3) is 5.91 Å². The van der Waals surface area contributed by atoms with Gasteiger partial charge < -0.3 is 19.9 Å². The molecule has 0 atom stereocenters. The number of benzene rings is 1. The molecule has 1 aliphatic heterocycles. The minimum absolute atomic E-state index is 0.0213. The lowest BCUT2D eigenvalue weighted by Gasteiger charge is -2.27. The Labute approximate surface area is 143 Å². The van der Waals surface area contributed by atoms with Crippen LogP contribution in [0.25, 0.3) is 0 Å². The van der Waals surface area contributed by atoms with Crippen LogP contribution < -0.4 is 10.1 Å². The highest BCUT2D eigenvalue weighted by molar-refractivity contribution is 5.94. The van der Waals surface area contributed by atoms with E-state index >= 15 is 0 Å². The summed E-state index contributed by atoms with van der Waals surface area (Å²) >= 11 is 0. The third kappa shape index (κ3) is 4.88. The summed E-state index contributed by atoms with van der Waals surface area (Å²) in [5, 5.41) is 2.97. The standard InChI is InChI=1S/C18H27N3O3/c1-18(2,3)19-17(23)21-10-6-9-20(11-12-21)16(22)14-7-5-8-15(13-14)24-4/h5,7-8,13H,6,9-12H2,1-4H3,(H,19,23). The molecule has 1 N–H and O–H groups in total. The molecule has 0 unspecified atom stereocenters. The molecule has 3 amide bonds. The van der Waals surface area contributed by atoms with Crippen LogP contribution in [0.2, 0.25) is 0 Å². The summed E-state index contributed by atoms with van der Waals surface area (Å²) in [6.07, 6.45) is 0.771. The first-order chi connectivity index (χ1) is 11.3. The first-order valence-electron chi connectivity index (χ1n) is 8.30. The van der Waals surface area contributed by atoms with Crippen molar-refractivity contribution in [3.05, 3.63) is 29.8 Å². The van der Waals surface area contributed by atoms with E-state index in [0.717, 1.165) is 6.42 Å². The SMILES string of the molecule is COc1cccc(C(=O)N2CCCN(C(=O)NC(C)(C)C)CC2)c1. The zero-order valence-electron chi connectivity index (χ0n) is 15.0. The Bertz CT molecular complexity index is 595. The summed E-state index contributed by atoms with van der Waals surface area (Å²) in [6.45, 7) is 8.26. The topological polar surface area (TPSA) is 61.9 Å². The second kappa shape index (κ2) is 7.55. The number of hydrogen-bond acceptors (Lipinski definition) is 3. The highest BCUT2D eigenvalue weighted by atomic mass is 16.5. The van der Waals surface area contributed by atoms with Crippen molar-refractivity contribution < 1.29 is 14.3 Å². The van der Waals surface area contributed by atoms with Crippen molar-refractivity contribution in [2.75, 3.05) is 33.3 Å². The van der Waals surface area contributed by atoms with E-state index in [2.05, 4.69) is 5.32 Å². The first-order valence-corrected chi connectivity index (χ1v) is 8.30. The van der Waals surface area contributed by atoms with Crippen LogP contribution in [0.15, 0.2) is 24.3 Å². The quantitative estimate of drug-likeness (QED) is 0.904. The fraction of sp³-hybridized carbons (Fsp3) is 0.556. The number of nitrogens with one attached hydrogen (secondary N) is 1. The number of ether oxygens (including phenoxy) is 1. The lowest BCUT2D eigenvalue weighted by molar-refractivity contribution is 0.0761. The number of amides is 3. The molecule has 1 heterocycles. The third-order valence-corrected chi connectivity index (χ3v) is 3.87. The summed E-state index contributed by atoms with van der Waals surface area (Å²) in [7, 11) is 1.58. The highest BCUT2D eigenvalue weighted by Crippen LogP contribution is 2.16. The average Bonchev–Trinajstić information content (AvgIpc) is 2.78. The van der Waals surface area contributed by atoms with E-state index in [4.69, 9.17) is 4.74 Å². The third-order valence-electron chi connectivity index (χ3n) is 3.87. The predicted octanol–water partition coefficient (Wildman–Crippen LogP) is 2.35. The van der Waals surface area contributed by atoms with E-state index in [1.54, 1.807) is 29.0 Å². The number of methoxy groups -OCH3 is 1. The van der Waals surface area contributed by atoms with Gasteiger partial charge in [-0.1, -0.05) is 6.07 Å². The fourth-order valence-electron chi connectivity index (χ4n) is 2.66. The Kier molecular flexibility index (Phi) is 5.70. The summed E-state index contributed by atoms with van der Waals surface area (Å²) in [4.78, 5) is 28.6. The van der Waals surface area contributed by atoms with Crippen LogP contribution in [0.3, 0.4) is 0 Å². The highest BCUT2D eigenvalue weighted by Gasteiger charge is 2.24. The number of hydrogen-bond donors (Lipinski definition) is 1. The molecular formula is C18H27N3O3.